The number of rotatable bonds is 8. The third kappa shape index (κ3) is 9.06. The zero-order valence-electron chi connectivity index (χ0n) is 55.5. The van der Waals surface area contributed by atoms with Crippen LogP contribution in [0.5, 0.6) is 23.0 Å². The third-order valence-electron chi connectivity index (χ3n) is 24.8. The fourth-order valence-corrected chi connectivity index (χ4v) is 20.3. The number of hydrogen-bond acceptors (Lipinski definition) is 6. The van der Waals surface area contributed by atoms with Crippen LogP contribution in [0.3, 0.4) is 0 Å². The van der Waals surface area contributed by atoms with Crippen LogP contribution >= 0.6 is 0 Å². The average molecular weight is 1240 g/mol. The lowest BCUT2D eigenvalue weighted by atomic mass is 9.66. The van der Waals surface area contributed by atoms with Gasteiger partial charge in [-0.25, -0.2) is 0 Å². The molecule has 2 saturated carbocycles. The Kier molecular flexibility index (Phi) is 14.5. The largest absolute Gasteiger partial charge is 0.497 e. The van der Waals surface area contributed by atoms with Gasteiger partial charge in [-0.15, -0.1) is 0 Å². The van der Waals surface area contributed by atoms with E-state index in [4.69, 9.17) is 18.9 Å². The smallest absolute Gasteiger partial charge is 0.159 e. The minimum Gasteiger partial charge on any atom is -0.497 e. The van der Waals surface area contributed by atoms with Gasteiger partial charge in [-0.1, -0.05) is 161 Å². The molecule has 4 aliphatic carbocycles. The van der Waals surface area contributed by atoms with Gasteiger partial charge in [-0.05, 0) is 240 Å². The SMILES string of the molecule is COc1ccc2c3c(c4c(c2c1)OC(c1ccc(N2CCCCC2)cc1)(c1ccc2cc(C5(c6ccc(N7CCCCC7)cc6)CCc6c7c(c8ccc(OC)cc8c6O5)-c5ccccc5C75CCCCCCC5)ccc2c1)CC4)C1(CCCCCCC1)c1ccccc1-3. The number of nitrogens with zero attached hydrogens (tertiary/aromatic N) is 2. The molecule has 6 heteroatoms. The van der Waals surface area contributed by atoms with Crippen molar-refractivity contribution in [3.05, 3.63) is 225 Å². The van der Waals surface area contributed by atoms with Crippen LogP contribution in [0.15, 0.2) is 170 Å². The molecule has 94 heavy (non-hydrogen) atoms. The highest BCUT2D eigenvalue weighted by Gasteiger charge is 2.52. The second kappa shape index (κ2) is 23.3. The summed E-state index contributed by atoms with van der Waals surface area (Å²) in [6.07, 6.45) is 28.5. The molecule has 18 rings (SSSR count). The Bertz CT molecular complexity index is 4280. The highest BCUT2D eigenvalue weighted by atomic mass is 16.5. The van der Waals surface area contributed by atoms with Crippen molar-refractivity contribution in [3.63, 3.8) is 0 Å². The number of fused-ring (bicyclic) bond motifs is 21. The van der Waals surface area contributed by atoms with Crippen molar-refractivity contribution in [2.45, 2.75) is 176 Å². The van der Waals surface area contributed by atoms with E-state index in [1.54, 1.807) is 25.3 Å². The molecule has 10 aromatic rings. The summed E-state index contributed by atoms with van der Waals surface area (Å²) < 4.78 is 28.8. The van der Waals surface area contributed by atoms with E-state index in [2.05, 4.69) is 180 Å². The van der Waals surface area contributed by atoms with Gasteiger partial charge >= 0.3 is 0 Å². The van der Waals surface area contributed by atoms with E-state index < -0.39 is 11.2 Å². The summed E-state index contributed by atoms with van der Waals surface area (Å²) in [5, 5.41) is 7.24. The quantitative estimate of drug-likeness (QED) is 0.151. The van der Waals surface area contributed by atoms with Crippen molar-refractivity contribution in [3.8, 4) is 45.3 Å². The van der Waals surface area contributed by atoms with E-state index in [1.165, 1.54) is 228 Å². The van der Waals surface area contributed by atoms with E-state index >= 15 is 0 Å². The highest BCUT2D eigenvalue weighted by Crippen LogP contribution is 2.65. The van der Waals surface area contributed by atoms with Crippen molar-refractivity contribution < 1.29 is 18.9 Å². The fraction of sp³-hybridized carbons (Fsp3) is 0.386. The van der Waals surface area contributed by atoms with E-state index in [0.29, 0.717) is 0 Å². The Labute approximate surface area is 556 Å². The standard InChI is InChI=1S/C88H90N2O4/c1-91-67-39-41-69-75(57-67)83-73(81-79(69)71-23-11-13-25-77(71)85(81)45-15-5-3-6-16-46-85)43-49-87(93-83,61-31-35-65(36-32-61)89-51-19-9-20-52-89)63-29-27-60-56-64(30-28-59(60)55-63)88(62-33-37-66(38-34-62)90-53-21-10-22-54-90)50-44-74-82-80(70-42-40-68(92-2)58-76(70)84(74)94-88)72-24-12-14-26-78(72)86(82)47-17-7-4-8-18-48-86/h11-14,23-42,55-58H,3-10,15-22,43-54H2,1-2H3. The summed E-state index contributed by atoms with van der Waals surface area (Å²) in [6.45, 7) is 4.43. The number of benzene rings is 10. The molecule has 8 aliphatic rings. The lowest BCUT2D eigenvalue weighted by molar-refractivity contribution is 0.0862. The first-order valence-corrected chi connectivity index (χ1v) is 36.6. The minimum absolute atomic E-state index is 0.0518. The fourth-order valence-electron chi connectivity index (χ4n) is 20.3. The number of ether oxygens (including phenoxy) is 4. The maximum absolute atomic E-state index is 8.29. The van der Waals surface area contributed by atoms with E-state index in [9.17, 15) is 0 Å². The highest BCUT2D eigenvalue weighted by molar-refractivity contribution is 6.09. The Balaban J connectivity index is 0.807. The van der Waals surface area contributed by atoms with Gasteiger partial charge < -0.3 is 28.7 Å². The number of methoxy groups -OCH3 is 2. The molecule has 10 aromatic carbocycles. The molecule has 0 N–H and O–H groups in total. The maximum Gasteiger partial charge on any atom is 0.159 e. The van der Waals surface area contributed by atoms with E-state index in [0.717, 1.165) is 85.6 Å². The predicted octanol–water partition coefficient (Wildman–Crippen LogP) is 21.7. The van der Waals surface area contributed by atoms with Crippen LogP contribution in [0.25, 0.3) is 54.6 Å². The number of piperidine rings is 2. The molecular formula is C88H90N2O4. The first kappa shape index (κ1) is 58.4. The molecule has 4 aliphatic heterocycles. The molecule has 2 saturated heterocycles. The van der Waals surface area contributed by atoms with Gasteiger partial charge in [-0.3, -0.25) is 0 Å². The molecule has 6 nitrogen and oxygen atoms in total. The molecule has 2 spiro atoms. The molecule has 2 atom stereocenters. The van der Waals surface area contributed by atoms with Gasteiger partial charge in [0.15, 0.2) is 11.2 Å². The second-order valence-corrected chi connectivity index (χ2v) is 29.6. The lowest BCUT2D eigenvalue weighted by Crippen LogP contribution is -2.40. The van der Waals surface area contributed by atoms with Crippen LogP contribution < -0.4 is 28.7 Å². The Hall–Kier alpha value is -8.22. The minimum atomic E-state index is -0.784. The van der Waals surface area contributed by atoms with Gasteiger partial charge in [0.25, 0.3) is 0 Å². The van der Waals surface area contributed by atoms with Gasteiger partial charge in [-0.2, -0.15) is 0 Å². The van der Waals surface area contributed by atoms with Crippen molar-refractivity contribution in [1.82, 2.24) is 0 Å². The number of hydrogen-bond donors (Lipinski definition) is 0. The molecule has 4 fully saturated rings. The second-order valence-electron chi connectivity index (χ2n) is 29.6. The van der Waals surface area contributed by atoms with Crippen molar-refractivity contribution in [2.75, 3.05) is 50.2 Å². The van der Waals surface area contributed by atoms with Gasteiger partial charge in [0.05, 0.1) is 14.2 Å². The average Bonchev–Trinajstić information content (AvgIpc) is 1.49. The zero-order valence-corrected chi connectivity index (χ0v) is 55.5. The maximum atomic E-state index is 8.29. The van der Waals surface area contributed by atoms with Crippen molar-refractivity contribution in [2.24, 2.45) is 0 Å². The normalized spacial score (nSPS) is 22.0. The Morgan fingerprint density at radius 3 is 1.12 bits per heavy atom. The van der Waals surface area contributed by atoms with Crippen LogP contribution in [0.1, 0.15) is 197 Å². The lowest BCUT2D eigenvalue weighted by Gasteiger charge is -2.44. The molecule has 4 heterocycles. The third-order valence-corrected chi connectivity index (χ3v) is 24.8. The Morgan fingerprint density at radius 1 is 0.340 bits per heavy atom. The topological polar surface area (TPSA) is 43.4 Å². The summed E-state index contributed by atoms with van der Waals surface area (Å²) in [5.41, 5.74) is 20.4. The van der Waals surface area contributed by atoms with Crippen molar-refractivity contribution >= 4 is 43.7 Å². The first-order valence-electron chi connectivity index (χ1n) is 36.6. The van der Waals surface area contributed by atoms with Crippen molar-refractivity contribution in [1.29, 1.82) is 0 Å². The summed E-state index contributed by atoms with van der Waals surface area (Å²) >= 11 is 0. The molecule has 0 amide bonds. The monoisotopic (exact) mass is 1240 g/mol. The summed E-state index contributed by atoms with van der Waals surface area (Å²) in [6, 6.07) is 66.4. The molecule has 476 valence electrons. The van der Waals surface area contributed by atoms with Gasteiger partial charge in [0.1, 0.15) is 23.0 Å². The summed E-state index contributed by atoms with van der Waals surface area (Å²) in [7, 11) is 3.61. The van der Waals surface area contributed by atoms with Gasteiger partial charge in [0, 0.05) is 81.4 Å². The molecule has 0 radical (unpaired) electrons. The van der Waals surface area contributed by atoms with E-state index in [-0.39, 0.29) is 10.8 Å². The molecule has 2 unspecified atom stereocenters. The summed E-state index contributed by atoms with van der Waals surface area (Å²) in [4.78, 5) is 5.18. The summed E-state index contributed by atoms with van der Waals surface area (Å²) in [5.74, 6) is 3.78. The zero-order chi connectivity index (χ0) is 62.6. The van der Waals surface area contributed by atoms with Crippen LogP contribution in [0, 0.1) is 0 Å². The number of anilines is 2. The molecular weight excluding hydrogens is 1150 g/mol. The molecule has 0 aromatic heterocycles. The van der Waals surface area contributed by atoms with Crippen LogP contribution in [0.4, 0.5) is 11.4 Å². The predicted molar refractivity (Wildman–Crippen MR) is 386 cm³/mol. The van der Waals surface area contributed by atoms with Crippen LogP contribution in [0.2, 0.25) is 0 Å². The Morgan fingerprint density at radius 2 is 0.713 bits per heavy atom. The van der Waals surface area contributed by atoms with Crippen LogP contribution in [-0.2, 0) is 34.9 Å². The first-order chi connectivity index (χ1) is 46.4. The van der Waals surface area contributed by atoms with Gasteiger partial charge in [0.2, 0.25) is 0 Å². The van der Waals surface area contributed by atoms with E-state index in [1.807, 2.05) is 0 Å². The van der Waals surface area contributed by atoms with Crippen LogP contribution in [-0.4, -0.2) is 40.4 Å². The molecule has 0 bridgehead atoms.